The first-order chi connectivity index (χ1) is 16.2. The maximum absolute atomic E-state index is 14.9. The number of aliphatic carboxylic acids is 1. The third kappa shape index (κ3) is 3.29. The first kappa shape index (κ1) is 22.3. The smallest absolute Gasteiger partial charge is 0.340 e. The first-order valence-electron chi connectivity index (χ1n) is 12.0. The molecular formula is C22H27F2N3O7. The number of ketones is 1. The van der Waals surface area contributed by atoms with Crippen molar-refractivity contribution in [3.63, 3.8) is 0 Å². The number of carboxylic acid groups (broad SMARTS) is 1. The second-order valence-electron chi connectivity index (χ2n) is 10.5. The largest absolute Gasteiger partial charge is 0.478 e. The third-order valence-electron chi connectivity index (χ3n) is 8.74. The number of rotatable bonds is 2. The van der Waals surface area contributed by atoms with Crippen LogP contribution >= 0.6 is 0 Å². The van der Waals surface area contributed by atoms with Gasteiger partial charge in [0.25, 0.3) is 0 Å². The quantitative estimate of drug-likeness (QED) is 0.332. The molecular weight excluding hydrogens is 456 g/mol. The van der Waals surface area contributed by atoms with Gasteiger partial charge in [-0.1, -0.05) is 0 Å². The first-order valence-corrected chi connectivity index (χ1v) is 12.0. The van der Waals surface area contributed by atoms with Gasteiger partial charge >= 0.3 is 5.97 Å². The Morgan fingerprint density at radius 3 is 2.62 bits per heavy atom. The van der Waals surface area contributed by atoms with Crippen LogP contribution in [0.4, 0.5) is 8.78 Å². The Balaban J connectivity index is 1.29. The van der Waals surface area contributed by atoms with E-state index in [0.29, 0.717) is 32.1 Å². The topological polar surface area (TPSA) is 131 Å². The zero-order valence-electron chi connectivity index (χ0n) is 18.3. The summed E-state index contributed by atoms with van der Waals surface area (Å²) >= 11 is 0. The van der Waals surface area contributed by atoms with Crippen LogP contribution in [0.25, 0.3) is 0 Å². The number of nitro groups is 1. The highest BCUT2D eigenvalue weighted by molar-refractivity contribution is 6.18. The highest BCUT2D eigenvalue weighted by Crippen LogP contribution is 2.47. The van der Waals surface area contributed by atoms with Crippen molar-refractivity contribution in [3.05, 3.63) is 21.9 Å². The molecule has 3 aliphatic heterocycles. The van der Waals surface area contributed by atoms with Gasteiger partial charge in [-0.15, -0.1) is 0 Å². The van der Waals surface area contributed by atoms with Crippen LogP contribution in [0.3, 0.4) is 0 Å². The van der Waals surface area contributed by atoms with E-state index < -0.39 is 59.9 Å². The number of carbonyl (C=O) groups is 2. The molecule has 3 aliphatic carbocycles. The molecule has 12 unspecified atom stereocenters. The highest BCUT2D eigenvalue weighted by atomic mass is 19.2. The van der Waals surface area contributed by atoms with E-state index in [-0.39, 0.29) is 41.7 Å². The molecule has 0 aromatic carbocycles. The van der Waals surface area contributed by atoms with E-state index in [4.69, 9.17) is 9.47 Å². The highest BCUT2D eigenvalue weighted by Gasteiger charge is 2.61. The monoisotopic (exact) mass is 483 g/mol. The van der Waals surface area contributed by atoms with Gasteiger partial charge in [-0.3, -0.25) is 14.9 Å². The van der Waals surface area contributed by atoms with Crippen molar-refractivity contribution in [1.29, 1.82) is 0 Å². The van der Waals surface area contributed by atoms with Crippen molar-refractivity contribution in [1.82, 2.24) is 10.2 Å². The lowest BCUT2D eigenvalue weighted by atomic mass is 9.70. The van der Waals surface area contributed by atoms with E-state index in [1.165, 1.54) is 6.20 Å². The number of ether oxygens (including phenoxy) is 2. The van der Waals surface area contributed by atoms with Gasteiger partial charge in [0.15, 0.2) is 12.0 Å². The molecule has 2 saturated heterocycles. The maximum Gasteiger partial charge on any atom is 0.340 e. The van der Waals surface area contributed by atoms with E-state index in [9.17, 15) is 33.6 Å². The lowest BCUT2D eigenvalue weighted by molar-refractivity contribution is -0.529. The van der Waals surface area contributed by atoms with E-state index in [2.05, 4.69) is 5.32 Å². The molecule has 34 heavy (non-hydrogen) atoms. The van der Waals surface area contributed by atoms with Gasteiger partial charge in [0.2, 0.25) is 6.04 Å². The number of morpholine rings is 2. The minimum atomic E-state index is -1.90. The predicted octanol–water partition coefficient (Wildman–Crippen LogP) is 0.758. The van der Waals surface area contributed by atoms with Crippen molar-refractivity contribution in [2.45, 2.75) is 105 Å². The summed E-state index contributed by atoms with van der Waals surface area (Å²) in [5, 5.41) is 24.4. The maximum atomic E-state index is 14.9. The van der Waals surface area contributed by atoms with E-state index in [0.717, 1.165) is 0 Å². The second-order valence-corrected chi connectivity index (χ2v) is 10.5. The third-order valence-corrected chi connectivity index (χ3v) is 8.74. The molecule has 10 nitrogen and oxygen atoms in total. The lowest BCUT2D eigenvalue weighted by Gasteiger charge is -2.60. The molecule has 0 amide bonds. The SMILES string of the molecule is O=C(O)C1=CN2C3CC4OC5CC([N+](=O)[O-])CCC5NC4CC3OC3C(F)C(F)CC(C1=O)C32. The Morgan fingerprint density at radius 2 is 1.88 bits per heavy atom. The van der Waals surface area contributed by atoms with Crippen molar-refractivity contribution in [2.75, 3.05) is 0 Å². The summed E-state index contributed by atoms with van der Waals surface area (Å²) in [4.78, 5) is 37.3. The van der Waals surface area contributed by atoms with Crippen molar-refractivity contribution in [2.24, 2.45) is 5.92 Å². The van der Waals surface area contributed by atoms with E-state index >= 15 is 0 Å². The Hall–Kier alpha value is -2.18. The number of hydrogen-bond donors (Lipinski definition) is 2. The fourth-order valence-electron chi connectivity index (χ4n) is 7.15. The minimum Gasteiger partial charge on any atom is -0.478 e. The molecule has 12 atom stereocenters. The second kappa shape index (κ2) is 7.92. The van der Waals surface area contributed by atoms with Gasteiger partial charge in [-0.2, -0.15) is 0 Å². The molecule has 2 N–H and O–H groups in total. The fourth-order valence-corrected chi connectivity index (χ4v) is 7.15. The van der Waals surface area contributed by atoms with Gasteiger partial charge in [0, 0.05) is 42.0 Å². The molecule has 0 spiro atoms. The van der Waals surface area contributed by atoms with Gasteiger partial charge in [0.1, 0.15) is 17.8 Å². The Labute approximate surface area is 193 Å². The number of Topliss-reactive ketones (excluding diaryl/α,β-unsaturated/α-hetero) is 1. The molecule has 3 heterocycles. The summed E-state index contributed by atoms with van der Waals surface area (Å²) in [6.45, 7) is 0. The lowest BCUT2D eigenvalue weighted by Crippen LogP contribution is -2.73. The number of nitrogens with zero attached hydrogens (tertiary/aromatic N) is 2. The minimum absolute atomic E-state index is 0.0142. The van der Waals surface area contributed by atoms with Gasteiger partial charge < -0.3 is 24.8 Å². The zero-order valence-corrected chi connectivity index (χ0v) is 18.3. The molecule has 12 heteroatoms. The fraction of sp³-hybridized carbons (Fsp3) is 0.818. The molecule has 0 aromatic heterocycles. The Bertz CT molecular complexity index is 949. The van der Waals surface area contributed by atoms with Gasteiger partial charge in [-0.05, 0) is 25.7 Å². The molecule has 0 aromatic rings. The van der Waals surface area contributed by atoms with Crippen molar-refractivity contribution in [3.8, 4) is 0 Å². The molecule has 6 aliphatic rings. The van der Waals surface area contributed by atoms with E-state index in [1.54, 1.807) is 4.90 Å². The van der Waals surface area contributed by atoms with Crippen LogP contribution < -0.4 is 5.32 Å². The number of carbonyl (C=O) groups excluding carboxylic acids is 1. The zero-order chi connectivity index (χ0) is 23.9. The predicted molar refractivity (Wildman–Crippen MR) is 110 cm³/mol. The number of nitrogens with one attached hydrogen (secondary N) is 1. The Kier molecular flexibility index (Phi) is 5.19. The van der Waals surface area contributed by atoms with Crippen molar-refractivity contribution >= 4 is 11.8 Å². The summed E-state index contributed by atoms with van der Waals surface area (Å²) in [7, 11) is 0. The Morgan fingerprint density at radius 1 is 1.12 bits per heavy atom. The number of fused-ring (bicyclic) bond motifs is 4. The van der Waals surface area contributed by atoms with Gasteiger partial charge in [0.05, 0.1) is 30.4 Å². The molecule has 0 bridgehead atoms. The molecule has 6 rings (SSSR count). The molecule has 186 valence electrons. The normalized spacial score (nSPS) is 49.6. The summed E-state index contributed by atoms with van der Waals surface area (Å²) in [5.74, 6) is -3.06. The number of alkyl halides is 2. The number of carboxylic acids is 1. The average Bonchev–Trinajstić information content (AvgIpc) is 2.80. The van der Waals surface area contributed by atoms with Crippen LogP contribution in [-0.2, 0) is 19.1 Å². The van der Waals surface area contributed by atoms with Crippen LogP contribution in [0.15, 0.2) is 11.8 Å². The summed E-state index contributed by atoms with van der Waals surface area (Å²) in [6, 6.07) is -1.90. The van der Waals surface area contributed by atoms with Crippen LogP contribution in [0, 0.1) is 16.0 Å². The molecule has 5 fully saturated rings. The van der Waals surface area contributed by atoms with Crippen LogP contribution in [0.5, 0.6) is 0 Å². The van der Waals surface area contributed by atoms with Crippen molar-refractivity contribution < 1.29 is 37.9 Å². The standard InChI is InChI=1S/C22H27F2N3O7/c23-11-4-9-19-21(18(11)24)34-17-5-13-16(6-14(17)26(19)7-10(20(9)28)22(29)30)33-15-3-8(27(31)32)1-2-12(15)25-13/h7-9,11-19,21,25H,1-6H2,(H,29,30). The van der Waals surface area contributed by atoms with E-state index in [1.807, 2.05) is 0 Å². The molecule has 3 saturated carbocycles. The summed E-state index contributed by atoms with van der Waals surface area (Å²) < 4.78 is 41.9. The van der Waals surface area contributed by atoms with Crippen LogP contribution in [0.2, 0.25) is 0 Å². The summed E-state index contributed by atoms with van der Waals surface area (Å²) in [5.41, 5.74) is -0.420. The average molecular weight is 483 g/mol. The van der Waals surface area contributed by atoms with Crippen LogP contribution in [-0.4, -0.2) is 93.7 Å². The van der Waals surface area contributed by atoms with Gasteiger partial charge in [-0.25, -0.2) is 13.6 Å². The van der Waals surface area contributed by atoms with Crippen LogP contribution in [0.1, 0.15) is 38.5 Å². The molecule has 0 radical (unpaired) electrons. The number of hydrogen-bond acceptors (Lipinski definition) is 8. The number of halogens is 2. The summed E-state index contributed by atoms with van der Waals surface area (Å²) in [6.07, 6.45) is -2.81.